The molecule has 2 aromatic rings. The van der Waals surface area contributed by atoms with Crippen LogP contribution < -0.4 is 5.32 Å². The predicted molar refractivity (Wildman–Crippen MR) is 71.1 cm³/mol. The largest absolute Gasteiger partial charge is 0.310 e. The number of hydrogen-bond donors (Lipinski definition) is 1. The number of carbonyl (C=O) groups excluding carboxylic acids is 1. The topological polar surface area (TPSA) is 93.6 Å². The van der Waals surface area contributed by atoms with Crippen molar-refractivity contribution >= 4 is 23.3 Å². The second-order valence-corrected chi connectivity index (χ2v) is 4.94. The fourth-order valence-corrected chi connectivity index (χ4v) is 2.11. The van der Waals surface area contributed by atoms with Gasteiger partial charge in [0.1, 0.15) is 35.3 Å². The highest BCUT2D eigenvalue weighted by atomic mass is 35.5. The van der Waals surface area contributed by atoms with Gasteiger partial charge in [0.05, 0.1) is 0 Å². The summed E-state index contributed by atoms with van der Waals surface area (Å²) < 4.78 is 0. The number of carbonyl (C=O) groups is 1. The molecule has 0 radical (unpaired) electrons. The molecule has 1 amide bonds. The van der Waals surface area contributed by atoms with Crippen LogP contribution in [0.4, 0.5) is 5.82 Å². The van der Waals surface area contributed by atoms with E-state index >= 15 is 0 Å². The molecule has 0 saturated heterocycles. The molecule has 0 aliphatic heterocycles. The molecule has 3 rings (SSSR count). The molecule has 1 N–H and O–H groups in total. The molecule has 0 spiro atoms. The standard InChI is InChI=1S/C12H11ClN6O/c1-6-14-4-17-11(18-6)7-2-8(7)12(20)19-10-3-9(13)15-5-16-10/h3-5,7-8H,2H2,1H3,(H,15,16,19,20)/t7-,8-/m0/s1. The maximum absolute atomic E-state index is 12.1. The van der Waals surface area contributed by atoms with Gasteiger partial charge in [0.25, 0.3) is 0 Å². The number of halogens is 1. The summed E-state index contributed by atoms with van der Waals surface area (Å²) in [5.41, 5.74) is 0. The lowest BCUT2D eigenvalue weighted by Gasteiger charge is -2.03. The minimum atomic E-state index is -0.134. The van der Waals surface area contributed by atoms with Gasteiger partial charge in [-0.25, -0.2) is 24.9 Å². The van der Waals surface area contributed by atoms with E-state index in [9.17, 15) is 4.79 Å². The van der Waals surface area contributed by atoms with Crippen LogP contribution in [0.2, 0.25) is 5.15 Å². The van der Waals surface area contributed by atoms with Crippen molar-refractivity contribution in [2.75, 3.05) is 5.32 Å². The molecule has 1 saturated carbocycles. The first kappa shape index (κ1) is 12.9. The number of aryl methyl sites for hydroxylation is 1. The van der Waals surface area contributed by atoms with Crippen molar-refractivity contribution in [1.82, 2.24) is 24.9 Å². The highest BCUT2D eigenvalue weighted by molar-refractivity contribution is 6.29. The van der Waals surface area contributed by atoms with E-state index in [4.69, 9.17) is 11.6 Å². The number of nitrogens with one attached hydrogen (secondary N) is 1. The van der Waals surface area contributed by atoms with Crippen LogP contribution in [0.3, 0.4) is 0 Å². The third-order valence-corrected chi connectivity index (χ3v) is 3.26. The number of anilines is 1. The molecular formula is C12H11ClN6O. The van der Waals surface area contributed by atoms with E-state index in [1.54, 1.807) is 6.92 Å². The number of amides is 1. The average Bonchev–Trinajstić information content (AvgIpc) is 3.19. The third kappa shape index (κ3) is 2.72. The summed E-state index contributed by atoms with van der Waals surface area (Å²) in [6.07, 6.45) is 3.50. The Hall–Kier alpha value is -2.15. The number of rotatable bonds is 3. The Kier molecular flexibility index (Phi) is 3.27. The first-order chi connectivity index (χ1) is 9.63. The van der Waals surface area contributed by atoms with Crippen LogP contribution in [0, 0.1) is 12.8 Å². The first-order valence-corrected chi connectivity index (χ1v) is 6.45. The third-order valence-electron chi connectivity index (χ3n) is 3.05. The quantitative estimate of drug-likeness (QED) is 0.858. The summed E-state index contributed by atoms with van der Waals surface area (Å²) in [4.78, 5) is 32.0. The molecule has 1 aliphatic carbocycles. The molecule has 102 valence electrons. The van der Waals surface area contributed by atoms with E-state index in [0.717, 1.165) is 6.42 Å². The molecule has 1 aliphatic rings. The van der Waals surface area contributed by atoms with Crippen LogP contribution in [0.5, 0.6) is 0 Å². The van der Waals surface area contributed by atoms with E-state index in [0.29, 0.717) is 17.5 Å². The van der Waals surface area contributed by atoms with Gasteiger partial charge in [-0.3, -0.25) is 4.79 Å². The second kappa shape index (κ2) is 5.09. The Morgan fingerprint density at radius 2 is 2.10 bits per heavy atom. The molecule has 0 unspecified atom stereocenters. The van der Waals surface area contributed by atoms with Gasteiger partial charge in [-0.2, -0.15) is 0 Å². The Morgan fingerprint density at radius 1 is 1.30 bits per heavy atom. The Balaban J connectivity index is 1.66. The van der Waals surface area contributed by atoms with Crippen molar-refractivity contribution in [3.63, 3.8) is 0 Å². The highest BCUT2D eigenvalue weighted by Crippen LogP contribution is 2.46. The minimum absolute atomic E-state index is 0.0500. The summed E-state index contributed by atoms with van der Waals surface area (Å²) in [7, 11) is 0. The summed E-state index contributed by atoms with van der Waals surface area (Å²) >= 11 is 5.74. The first-order valence-electron chi connectivity index (χ1n) is 6.07. The summed E-state index contributed by atoms with van der Waals surface area (Å²) in [6, 6.07) is 1.50. The SMILES string of the molecule is Cc1ncnc([C@H]2C[C@@H]2C(=O)Nc2cc(Cl)ncn2)n1. The van der Waals surface area contributed by atoms with Crippen LogP contribution in [0.1, 0.15) is 24.0 Å². The predicted octanol–water partition coefficient (Wildman–Crippen LogP) is 1.37. The summed E-state index contributed by atoms with van der Waals surface area (Å²) in [5.74, 6) is 1.52. The summed E-state index contributed by atoms with van der Waals surface area (Å²) in [6.45, 7) is 1.80. The smallest absolute Gasteiger partial charge is 0.229 e. The molecule has 2 atom stereocenters. The zero-order chi connectivity index (χ0) is 14.1. The van der Waals surface area contributed by atoms with Gasteiger partial charge in [0.15, 0.2) is 0 Å². The molecule has 8 heteroatoms. The minimum Gasteiger partial charge on any atom is -0.310 e. The molecule has 7 nitrogen and oxygen atoms in total. The normalized spacial score (nSPS) is 20.5. The fourth-order valence-electron chi connectivity index (χ4n) is 1.96. The molecule has 20 heavy (non-hydrogen) atoms. The van der Waals surface area contributed by atoms with Gasteiger partial charge in [-0.05, 0) is 13.3 Å². The van der Waals surface area contributed by atoms with Crippen LogP contribution in [-0.2, 0) is 4.79 Å². The molecule has 0 aromatic carbocycles. The van der Waals surface area contributed by atoms with E-state index in [1.165, 1.54) is 18.7 Å². The number of nitrogens with zero attached hydrogens (tertiary/aromatic N) is 5. The van der Waals surface area contributed by atoms with Crippen molar-refractivity contribution in [2.45, 2.75) is 19.3 Å². The van der Waals surface area contributed by atoms with E-state index < -0.39 is 0 Å². The maximum Gasteiger partial charge on any atom is 0.229 e. The maximum atomic E-state index is 12.1. The van der Waals surface area contributed by atoms with Gasteiger partial charge in [0.2, 0.25) is 5.91 Å². The van der Waals surface area contributed by atoms with Crippen LogP contribution in [-0.4, -0.2) is 30.8 Å². The lowest BCUT2D eigenvalue weighted by molar-refractivity contribution is -0.117. The Labute approximate surface area is 119 Å². The highest BCUT2D eigenvalue weighted by Gasteiger charge is 2.46. The van der Waals surface area contributed by atoms with E-state index in [2.05, 4.69) is 30.2 Å². The number of aromatic nitrogens is 5. The van der Waals surface area contributed by atoms with Crippen LogP contribution >= 0.6 is 11.6 Å². The molecule has 2 heterocycles. The lowest BCUT2D eigenvalue weighted by atomic mass is 10.3. The van der Waals surface area contributed by atoms with Crippen LogP contribution in [0.25, 0.3) is 0 Å². The Morgan fingerprint density at radius 3 is 2.85 bits per heavy atom. The number of hydrogen-bond acceptors (Lipinski definition) is 6. The van der Waals surface area contributed by atoms with Gasteiger partial charge < -0.3 is 5.32 Å². The summed E-state index contributed by atoms with van der Waals surface area (Å²) in [5, 5.41) is 3.00. The molecule has 0 bridgehead atoms. The van der Waals surface area contributed by atoms with Gasteiger partial charge in [0, 0.05) is 17.9 Å². The van der Waals surface area contributed by atoms with Gasteiger partial charge in [-0.1, -0.05) is 11.6 Å². The van der Waals surface area contributed by atoms with Gasteiger partial charge >= 0.3 is 0 Å². The van der Waals surface area contributed by atoms with Crippen molar-refractivity contribution < 1.29 is 4.79 Å². The van der Waals surface area contributed by atoms with Crippen molar-refractivity contribution in [1.29, 1.82) is 0 Å². The van der Waals surface area contributed by atoms with Gasteiger partial charge in [-0.15, -0.1) is 0 Å². The molecule has 2 aromatic heterocycles. The fraction of sp³-hybridized carbons (Fsp3) is 0.333. The van der Waals surface area contributed by atoms with Crippen molar-refractivity contribution in [2.24, 2.45) is 5.92 Å². The lowest BCUT2D eigenvalue weighted by Crippen LogP contribution is -2.16. The van der Waals surface area contributed by atoms with Crippen molar-refractivity contribution in [3.8, 4) is 0 Å². The Bertz CT molecular complexity index is 664. The average molecular weight is 291 g/mol. The second-order valence-electron chi connectivity index (χ2n) is 4.55. The van der Waals surface area contributed by atoms with Crippen molar-refractivity contribution in [3.05, 3.63) is 35.5 Å². The monoisotopic (exact) mass is 290 g/mol. The zero-order valence-corrected chi connectivity index (χ0v) is 11.4. The van der Waals surface area contributed by atoms with E-state index in [-0.39, 0.29) is 22.9 Å². The molecule has 1 fully saturated rings. The zero-order valence-electron chi connectivity index (χ0n) is 10.6. The van der Waals surface area contributed by atoms with Crippen LogP contribution in [0.15, 0.2) is 18.7 Å². The van der Waals surface area contributed by atoms with E-state index in [1.807, 2.05) is 0 Å². The molecular weight excluding hydrogens is 280 g/mol.